The summed E-state index contributed by atoms with van der Waals surface area (Å²) in [6.45, 7) is 13.1. The zero-order valence-corrected chi connectivity index (χ0v) is 10.5. The minimum absolute atomic E-state index is 0.380. The first-order chi connectivity index (χ1) is 7.56. The van der Waals surface area contributed by atoms with Gasteiger partial charge in [0, 0.05) is 24.4 Å². The number of aromatic nitrogens is 2. The van der Waals surface area contributed by atoms with E-state index in [0.29, 0.717) is 5.82 Å². The second-order valence-electron chi connectivity index (χ2n) is 3.10. The van der Waals surface area contributed by atoms with Crippen LogP contribution < -0.4 is 5.73 Å². The van der Waals surface area contributed by atoms with Gasteiger partial charge in [-0.2, -0.15) is 5.10 Å². The quantitative estimate of drug-likeness (QED) is 0.628. The molecule has 0 aromatic carbocycles. The highest BCUT2D eigenvalue weighted by atomic mass is 15.2. The van der Waals surface area contributed by atoms with Crippen LogP contribution in [0.1, 0.15) is 26.3 Å². The first kappa shape index (κ1) is 14.2. The van der Waals surface area contributed by atoms with E-state index in [9.17, 15) is 0 Å². The van der Waals surface area contributed by atoms with Crippen molar-refractivity contribution in [1.29, 1.82) is 0 Å². The number of aryl methyl sites for hydroxylation is 1. The van der Waals surface area contributed by atoms with Crippen LogP contribution in [0.3, 0.4) is 0 Å². The van der Waals surface area contributed by atoms with Crippen LogP contribution in [0.15, 0.2) is 35.4 Å². The van der Waals surface area contributed by atoms with Gasteiger partial charge in [0.25, 0.3) is 0 Å². The molecule has 4 heteroatoms. The zero-order valence-electron chi connectivity index (χ0n) is 10.5. The molecule has 0 unspecified atom stereocenters. The third-order valence-corrected chi connectivity index (χ3v) is 1.85. The van der Waals surface area contributed by atoms with Crippen LogP contribution >= 0.6 is 0 Å². The first-order valence-electron chi connectivity index (χ1n) is 5.17. The molecular formula is C12H20N4. The summed E-state index contributed by atoms with van der Waals surface area (Å²) >= 11 is 0. The molecule has 0 atom stereocenters. The van der Waals surface area contributed by atoms with Crippen LogP contribution in [-0.2, 0) is 7.05 Å². The molecule has 1 rings (SSSR count). The van der Waals surface area contributed by atoms with Gasteiger partial charge in [-0.15, -0.1) is 0 Å². The fraction of sp³-hybridized carbons (Fsp3) is 0.333. The van der Waals surface area contributed by atoms with Crippen LogP contribution in [0.4, 0.5) is 0 Å². The van der Waals surface area contributed by atoms with E-state index in [0.717, 1.165) is 16.7 Å². The predicted octanol–water partition coefficient (Wildman–Crippen LogP) is 2.35. The maximum Gasteiger partial charge on any atom is 0.130 e. The second-order valence-corrected chi connectivity index (χ2v) is 3.10. The number of aliphatic imine (C=N–C) groups is 1. The molecule has 0 aliphatic carbocycles. The summed E-state index contributed by atoms with van der Waals surface area (Å²) in [5.41, 5.74) is 8.27. The largest absolute Gasteiger partial charge is 0.383 e. The Hall–Kier alpha value is -1.84. The highest BCUT2D eigenvalue weighted by molar-refractivity contribution is 5.79. The van der Waals surface area contributed by atoms with Crippen molar-refractivity contribution in [3.05, 3.63) is 35.9 Å². The molecule has 0 radical (unpaired) electrons. The maximum atomic E-state index is 5.71. The van der Waals surface area contributed by atoms with Gasteiger partial charge in [0.05, 0.1) is 6.20 Å². The van der Waals surface area contributed by atoms with Crippen molar-refractivity contribution in [2.45, 2.75) is 20.8 Å². The van der Waals surface area contributed by atoms with Crippen LogP contribution in [0.5, 0.6) is 0 Å². The minimum Gasteiger partial charge on any atom is -0.383 e. The van der Waals surface area contributed by atoms with Crippen molar-refractivity contribution in [3.8, 4) is 0 Å². The lowest BCUT2D eigenvalue weighted by atomic mass is 10.0. The molecule has 0 saturated heterocycles. The van der Waals surface area contributed by atoms with Gasteiger partial charge >= 0.3 is 0 Å². The molecule has 1 aromatic rings. The molecule has 0 bridgehead atoms. The van der Waals surface area contributed by atoms with E-state index >= 15 is 0 Å². The molecule has 0 amide bonds. The van der Waals surface area contributed by atoms with Gasteiger partial charge in [-0.1, -0.05) is 20.4 Å². The highest BCUT2D eigenvalue weighted by Crippen LogP contribution is 2.23. The molecule has 4 nitrogen and oxygen atoms in total. The molecule has 0 fully saturated rings. The Morgan fingerprint density at radius 2 is 2.06 bits per heavy atom. The number of nitrogens with zero attached hydrogens (tertiary/aromatic N) is 3. The highest BCUT2D eigenvalue weighted by Gasteiger charge is 2.08. The van der Waals surface area contributed by atoms with E-state index in [4.69, 9.17) is 5.73 Å². The maximum absolute atomic E-state index is 5.71. The molecule has 88 valence electrons. The van der Waals surface area contributed by atoms with Crippen LogP contribution in [0, 0.1) is 0 Å². The predicted molar refractivity (Wildman–Crippen MR) is 70.0 cm³/mol. The second kappa shape index (κ2) is 6.61. The fourth-order valence-electron chi connectivity index (χ4n) is 1.24. The van der Waals surface area contributed by atoms with Gasteiger partial charge in [-0.3, -0.25) is 4.68 Å². The Kier molecular flexibility index (Phi) is 5.85. The van der Waals surface area contributed by atoms with Gasteiger partial charge in [0.2, 0.25) is 0 Å². The van der Waals surface area contributed by atoms with E-state index in [1.807, 2.05) is 34.0 Å². The Morgan fingerprint density at radius 1 is 1.50 bits per heavy atom. The van der Waals surface area contributed by atoms with Crippen molar-refractivity contribution >= 4 is 12.3 Å². The average molecular weight is 220 g/mol. The number of allylic oxidation sites excluding steroid dienone is 2. The topological polar surface area (TPSA) is 56.2 Å². The Morgan fingerprint density at radius 3 is 2.38 bits per heavy atom. The van der Waals surface area contributed by atoms with Crippen molar-refractivity contribution in [1.82, 2.24) is 9.78 Å². The molecule has 0 saturated carbocycles. The van der Waals surface area contributed by atoms with Crippen molar-refractivity contribution < 1.29 is 0 Å². The summed E-state index contributed by atoms with van der Waals surface area (Å²) < 4.78 is 1.70. The van der Waals surface area contributed by atoms with Crippen molar-refractivity contribution in [3.63, 3.8) is 0 Å². The summed E-state index contributed by atoms with van der Waals surface area (Å²) in [5.74, 6) is 0.380. The van der Waals surface area contributed by atoms with Gasteiger partial charge in [-0.25, -0.2) is 4.99 Å². The third-order valence-electron chi connectivity index (χ3n) is 1.85. The molecule has 2 N–H and O–H groups in total. The monoisotopic (exact) mass is 220 g/mol. The standard InChI is InChI=1S/C10H14N4.C2H6/c1-7(2)9(10(11)12-3)8-5-13-14(4)6-8;1-2/h5-6H,1,3,11H2,2,4H3;1-2H3/b10-9+;. The van der Waals surface area contributed by atoms with E-state index in [1.54, 1.807) is 10.9 Å². The lowest BCUT2D eigenvalue weighted by Crippen LogP contribution is -1.99. The molecule has 1 heterocycles. The smallest absolute Gasteiger partial charge is 0.130 e. The van der Waals surface area contributed by atoms with Crippen LogP contribution in [0.2, 0.25) is 0 Å². The summed E-state index contributed by atoms with van der Waals surface area (Å²) in [7, 11) is 1.84. The number of hydrogen-bond donors (Lipinski definition) is 1. The average Bonchev–Trinajstić information content (AvgIpc) is 2.67. The van der Waals surface area contributed by atoms with Crippen LogP contribution in [0.25, 0.3) is 5.57 Å². The van der Waals surface area contributed by atoms with E-state index in [1.165, 1.54) is 0 Å². The van der Waals surface area contributed by atoms with E-state index < -0.39 is 0 Å². The number of hydrogen-bond acceptors (Lipinski definition) is 3. The van der Waals surface area contributed by atoms with E-state index in [-0.39, 0.29) is 0 Å². The molecule has 0 spiro atoms. The summed E-state index contributed by atoms with van der Waals surface area (Å²) in [6, 6.07) is 0. The summed E-state index contributed by atoms with van der Waals surface area (Å²) in [4.78, 5) is 3.71. The Bertz CT molecular complexity index is 399. The molecule has 0 aliphatic heterocycles. The molecule has 1 aromatic heterocycles. The zero-order chi connectivity index (χ0) is 12.7. The Labute approximate surface area is 97.2 Å². The van der Waals surface area contributed by atoms with E-state index in [2.05, 4.69) is 23.4 Å². The minimum atomic E-state index is 0.380. The van der Waals surface area contributed by atoms with Gasteiger partial charge in [-0.05, 0) is 19.2 Å². The molecule has 0 aliphatic rings. The van der Waals surface area contributed by atoms with Crippen molar-refractivity contribution in [2.75, 3.05) is 0 Å². The molecular weight excluding hydrogens is 200 g/mol. The lowest BCUT2D eigenvalue weighted by molar-refractivity contribution is 0.767. The first-order valence-corrected chi connectivity index (χ1v) is 5.17. The summed E-state index contributed by atoms with van der Waals surface area (Å²) in [6.07, 6.45) is 3.59. The fourth-order valence-corrected chi connectivity index (χ4v) is 1.24. The number of nitrogens with two attached hydrogens (primary N) is 1. The summed E-state index contributed by atoms with van der Waals surface area (Å²) in [5, 5.41) is 4.06. The number of rotatable bonds is 3. The van der Waals surface area contributed by atoms with Crippen molar-refractivity contribution in [2.24, 2.45) is 17.8 Å². The third kappa shape index (κ3) is 3.38. The molecule has 16 heavy (non-hydrogen) atoms. The van der Waals surface area contributed by atoms with Gasteiger partial charge in [0.15, 0.2) is 0 Å². The SMILES string of the molecule is C=N/C(N)=C(\C(=C)C)c1cnn(C)c1.CC. The van der Waals surface area contributed by atoms with Crippen LogP contribution in [-0.4, -0.2) is 16.5 Å². The Balaban J connectivity index is 0.00000106. The normalized spacial score (nSPS) is 11.0. The lowest BCUT2D eigenvalue weighted by Gasteiger charge is -2.05. The van der Waals surface area contributed by atoms with Gasteiger partial charge < -0.3 is 5.73 Å². The van der Waals surface area contributed by atoms with Gasteiger partial charge in [0.1, 0.15) is 5.82 Å².